The van der Waals surface area contributed by atoms with Crippen molar-refractivity contribution in [1.82, 2.24) is 15.3 Å². The van der Waals surface area contributed by atoms with Crippen LogP contribution in [0.5, 0.6) is 5.88 Å². The van der Waals surface area contributed by atoms with Gasteiger partial charge in [-0.15, -0.1) is 0 Å². The second kappa shape index (κ2) is 8.20. The van der Waals surface area contributed by atoms with Crippen molar-refractivity contribution < 1.29 is 13.9 Å². The zero-order valence-corrected chi connectivity index (χ0v) is 15.8. The van der Waals surface area contributed by atoms with E-state index >= 15 is 0 Å². The SMILES string of the molecule is COc1nc(N2CCN(c3ccc(F)cc3)CC2)ncc1C(=O)NC(C)C. The highest BCUT2D eigenvalue weighted by Gasteiger charge is 2.22. The Hall–Kier alpha value is -2.90. The van der Waals surface area contributed by atoms with Crippen LogP contribution in [0, 0.1) is 5.82 Å². The monoisotopic (exact) mass is 373 g/mol. The molecule has 1 amide bonds. The Morgan fingerprint density at radius 2 is 1.78 bits per heavy atom. The summed E-state index contributed by atoms with van der Waals surface area (Å²) in [7, 11) is 1.49. The number of rotatable bonds is 5. The third-order valence-corrected chi connectivity index (χ3v) is 4.35. The fourth-order valence-electron chi connectivity index (χ4n) is 2.98. The number of hydrogen-bond donors (Lipinski definition) is 1. The summed E-state index contributed by atoms with van der Waals surface area (Å²) in [4.78, 5) is 25.2. The molecule has 0 saturated carbocycles. The van der Waals surface area contributed by atoms with Crippen molar-refractivity contribution in [3.05, 3.63) is 41.8 Å². The molecule has 1 aromatic carbocycles. The van der Waals surface area contributed by atoms with E-state index in [1.54, 1.807) is 12.1 Å². The van der Waals surface area contributed by atoms with Crippen LogP contribution in [-0.2, 0) is 0 Å². The van der Waals surface area contributed by atoms with Gasteiger partial charge in [-0.3, -0.25) is 4.79 Å². The fraction of sp³-hybridized carbons (Fsp3) is 0.421. The van der Waals surface area contributed by atoms with Crippen LogP contribution in [0.15, 0.2) is 30.5 Å². The van der Waals surface area contributed by atoms with E-state index < -0.39 is 0 Å². The first-order valence-electron chi connectivity index (χ1n) is 8.95. The van der Waals surface area contributed by atoms with Crippen molar-refractivity contribution in [2.24, 2.45) is 0 Å². The highest BCUT2D eigenvalue weighted by Crippen LogP contribution is 2.22. The van der Waals surface area contributed by atoms with Gasteiger partial charge in [0, 0.05) is 44.1 Å². The highest BCUT2D eigenvalue weighted by molar-refractivity contribution is 5.96. The number of methoxy groups -OCH3 is 1. The van der Waals surface area contributed by atoms with E-state index in [0.717, 1.165) is 31.9 Å². The van der Waals surface area contributed by atoms with Gasteiger partial charge in [0.15, 0.2) is 0 Å². The van der Waals surface area contributed by atoms with Gasteiger partial charge in [-0.1, -0.05) is 0 Å². The number of anilines is 2. The lowest BCUT2D eigenvalue weighted by molar-refractivity contribution is 0.0939. The van der Waals surface area contributed by atoms with E-state index in [1.807, 2.05) is 18.7 Å². The largest absolute Gasteiger partial charge is 0.480 e. The third kappa shape index (κ3) is 4.45. The number of nitrogens with zero attached hydrogens (tertiary/aromatic N) is 4. The first kappa shape index (κ1) is 18.9. The predicted octanol–water partition coefficient (Wildman–Crippen LogP) is 2.09. The summed E-state index contributed by atoms with van der Waals surface area (Å²) in [5.74, 6) is 0.305. The van der Waals surface area contributed by atoms with Gasteiger partial charge < -0.3 is 19.9 Å². The van der Waals surface area contributed by atoms with E-state index in [0.29, 0.717) is 11.5 Å². The Kier molecular flexibility index (Phi) is 5.73. The van der Waals surface area contributed by atoms with Crippen molar-refractivity contribution in [2.45, 2.75) is 19.9 Å². The number of nitrogens with one attached hydrogen (secondary N) is 1. The zero-order valence-electron chi connectivity index (χ0n) is 15.8. The molecule has 1 N–H and O–H groups in total. The maximum Gasteiger partial charge on any atom is 0.258 e. The molecule has 0 radical (unpaired) electrons. The van der Waals surface area contributed by atoms with Gasteiger partial charge in [-0.05, 0) is 38.1 Å². The number of benzene rings is 1. The van der Waals surface area contributed by atoms with Gasteiger partial charge >= 0.3 is 0 Å². The van der Waals surface area contributed by atoms with E-state index in [9.17, 15) is 9.18 Å². The second-order valence-electron chi connectivity index (χ2n) is 6.67. The molecule has 1 aliphatic heterocycles. The molecule has 3 rings (SSSR count). The maximum atomic E-state index is 13.1. The lowest BCUT2D eigenvalue weighted by Gasteiger charge is -2.36. The van der Waals surface area contributed by atoms with Crippen molar-refractivity contribution in [3.63, 3.8) is 0 Å². The van der Waals surface area contributed by atoms with E-state index in [1.165, 1.54) is 25.4 Å². The quantitative estimate of drug-likeness (QED) is 0.865. The van der Waals surface area contributed by atoms with Gasteiger partial charge in [0.25, 0.3) is 5.91 Å². The number of piperazine rings is 1. The molecule has 1 fully saturated rings. The molecule has 1 aromatic heterocycles. The van der Waals surface area contributed by atoms with E-state index in [4.69, 9.17) is 4.74 Å². The minimum Gasteiger partial charge on any atom is -0.480 e. The number of carbonyl (C=O) groups excluding carboxylic acids is 1. The molecule has 1 aliphatic rings. The molecule has 144 valence electrons. The Balaban J connectivity index is 1.69. The van der Waals surface area contributed by atoms with Gasteiger partial charge in [-0.2, -0.15) is 4.98 Å². The molecule has 2 aromatic rings. The Morgan fingerprint density at radius 1 is 1.15 bits per heavy atom. The lowest BCUT2D eigenvalue weighted by atomic mass is 10.2. The van der Waals surface area contributed by atoms with Crippen LogP contribution in [-0.4, -0.2) is 55.2 Å². The number of aromatic nitrogens is 2. The van der Waals surface area contributed by atoms with Crippen LogP contribution < -0.4 is 19.9 Å². The van der Waals surface area contributed by atoms with E-state index in [2.05, 4.69) is 20.2 Å². The van der Waals surface area contributed by atoms with Crippen LogP contribution in [0.1, 0.15) is 24.2 Å². The summed E-state index contributed by atoms with van der Waals surface area (Å²) < 4.78 is 18.4. The number of ether oxygens (including phenoxy) is 1. The summed E-state index contributed by atoms with van der Waals surface area (Å²) in [5, 5.41) is 2.81. The van der Waals surface area contributed by atoms with Crippen molar-refractivity contribution in [2.75, 3.05) is 43.1 Å². The number of hydrogen-bond acceptors (Lipinski definition) is 6. The first-order chi connectivity index (χ1) is 13.0. The van der Waals surface area contributed by atoms with Gasteiger partial charge in [0.1, 0.15) is 11.4 Å². The Labute approximate surface area is 158 Å². The van der Waals surface area contributed by atoms with Crippen LogP contribution in [0.4, 0.5) is 16.0 Å². The average molecular weight is 373 g/mol. The summed E-state index contributed by atoms with van der Waals surface area (Å²) in [6.45, 7) is 6.76. The minimum absolute atomic E-state index is 0.0152. The van der Waals surface area contributed by atoms with E-state index in [-0.39, 0.29) is 23.6 Å². The van der Waals surface area contributed by atoms with Crippen molar-refractivity contribution in [1.29, 1.82) is 0 Å². The van der Waals surface area contributed by atoms with Crippen LogP contribution in [0.25, 0.3) is 0 Å². The molecular formula is C19H24FN5O2. The molecule has 2 heterocycles. The fourth-order valence-corrected chi connectivity index (χ4v) is 2.98. The molecule has 1 saturated heterocycles. The molecule has 8 heteroatoms. The summed E-state index contributed by atoms with van der Waals surface area (Å²) in [6.07, 6.45) is 1.51. The number of amides is 1. The van der Waals surface area contributed by atoms with Gasteiger partial charge in [0.2, 0.25) is 11.8 Å². The number of halogens is 1. The summed E-state index contributed by atoms with van der Waals surface area (Å²) >= 11 is 0. The van der Waals surface area contributed by atoms with Crippen molar-refractivity contribution in [3.8, 4) is 5.88 Å². The molecule has 0 atom stereocenters. The Morgan fingerprint density at radius 3 is 2.37 bits per heavy atom. The maximum absolute atomic E-state index is 13.1. The molecule has 0 unspecified atom stereocenters. The normalized spacial score (nSPS) is 14.4. The van der Waals surface area contributed by atoms with Crippen LogP contribution in [0.2, 0.25) is 0 Å². The second-order valence-corrected chi connectivity index (χ2v) is 6.67. The van der Waals surface area contributed by atoms with Gasteiger partial charge in [0.05, 0.1) is 7.11 Å². The third-order valence-electron chi connectivity index (χ3n) is 4.35. The molecule has 0 aliphatic carbocycles. The summed E-state index contributed by atoms with van der Waals surface area (Å²) in [5.41, 5.74) is 1.31. The molecule has 0 bridgehead atoms. The molecule has 27 heavy (non-hydrogen) atoms. The standard InChI is InChI=1S/C19H24FN5O2/c1-13(2)22-17(26)16-12-21-19(23-18(16)27-3)25-10-8-24(9-11-25)15-6-4-14(20)5-7-15/h4-7,12-13H,8-11H2,1-3H3,(H,22,26). The molecule has 7 nitrogen and oxygen atoms in total. The predicted molar refractivity (Wildman–Crippen MR) is 102 cm³/mol. The summed E-state index contributed by atoms with van der Waals surface area (Å²) in [6, 6.07) is 6.52. The first-order valence-corrected chi connectivity index (χ1v) is 8.95. The van der Waals surface area contributed by atoms with Crippen LogP contribution >= 0.6 is 0 Å². The van der Waals surface area contributed by atoms with Gasteiger partial charge in [-0.25, -0.2) is 9.37 Å². The highest BCUT2D eigenvalue weighted by atomic mass is 19.1. The minimum atomic E-state index is -0.255. The zero-order chi connectivity index (χ0) is 19.4. The average Bonchev–Trinajstić information content (AvgIpc) is 2.67. The van der Waals surface area contributed by atoms with Crippen molar-refractivity contribution >= 4 is 17.5 Å². The number of carbonyl (C=O) groups is 1. The lowest BCUT2D eigenvalue weighted by Crippen LogP contribution is -2.47. The smallest absolute Gasteiger partial charge is 0.258 e. The molecule has 0 spiro atoms. The Bertz CT molecular complexity index is 789. The topological polar surface area (TPSA) is 70.6 Å². The molecular weight excluding hydrogens is 349 g/mol. The van der Waals surface area contributed by atoms with Crippen LogP contribution in [0.3, 0.4) is 0 Å².